The molecule has 0 fully saturated rings. The molecular weight excluding hydrogens is 266 g/mol. The minimum atomic E-state index is 0.295. The fraction of sp³-hybridized carbons (Fsp3) is 0.438. The van der Waals surface area contributed by atoms with E-state index in [9.17, 15) is 0 Å². The molecule has 0 saturated heterocycles. The van der Waals surface area contributed by atoms with Gasteiger partial charge in [0.15, 0.2) is 11.5 Å². The number of benzene rings is 1. The molecule has 1 aromatic carbocycles. The van der Waals surface area contributed by atoms with Crippen molar-refractivity contribution in [2.45, 2.75) is 25.7 Å². The Hall–Kier alpha value is -2.01. The molecule has 0 spiro atoms. The molecular formula is C16H21N3O2. The zero-order valence-corrected chi connectivity index (χ0v) is 12.1. The average Bonchev–Trinajstić information content (AvgIpc) is 2.96. The number of nitrogens with two attached hydrogens (primary N) is 1. The molecule has 3 N–H and O–H groups in total. The third kappa shape index (κ3) is 3.19. The molecule has 3 rings (SSSR count). The minimum Gasteiger partial charge on any atom is -0.454 e. The molecule has 0 bridgehead atoms. The van der Waals surface area contributed by atoms with E-state index in [0.29, 0.717) is 6.79 Å². The van der Waals surface area contributed by atoms with E-state index < -0.39 is 0 Å². The summed E-state index contributed by atoms with van der Waals surface area (Å²) in [5.74, 6) is 2.51. The van der Waals surface area contributed by atoms with Gasteiger partial charge in [0.05, 0.1) is 0 Å². The zero-order valence-electron chi connectivity index (χ0n) is 12.1. The normalized spacial score (nSPS) is 12.8. The highest BCUT2D eigenvalue weighted by atomic mass is 16.7. The van der Waals surface area contributed by atoms with Crippen molar-refractivity contribution in [2.75, 3.05) is 25.2 Å². The van der Waals surface area contributed by atoms with Gasteiger partial charge >= 0.3 is 0 Å². The van der Waals surface area contributed by atoms with E-state index in [0.717, 1.165) is 54.0 Å². The lowest BCUT2D eigenvalue weighted by Gasteiger charge is -2.09. The number of nitrogens with one attached hydrogen (secondary N) is 1. The van der Waals surface area contributed by atoms with Crippen molar-refractivity contribution >= 4 is 16.6 Å². The van der Waals surface area contributed by atoms with Crippen molar-refractivity contribution in [1.82, 2.24) is 4.98 Å². The van der Waals surface area contributed by atoms with Crippen molar-refractivity contribution in [1.29, 1.82) is 0 Å². The molecule has 0 atom stereocenters. The van der Waals surface area contributed by atoms with Gasteiger partial charge in [-0.3, -0.25) is 0 Å². The predicted molar refractivity (Wildman–Crippen MR) is 83.9 cm³/mol. The molecule has 1 aromatic heterocycles. The minimum absolute atomic E-state index is 0.295. The van der Waals surface area contributed by atoms with Crippen LogP contribution in [0, 0.1) is 0 Å². The van der Waals surface area contributed by atoms with Crippen LogP contribution >= 0.6 is 0 Å². The molecule has 0 aliphatic carbocycles. The topological polar surface area (TPSA) is 69.4 Å². The van der Waals surface area contributed by atoms with Crippen LogP contribution in [0.25, 0.3) is 10.8 Å². The number of fused-ring (bicyclic) bond motifs is 2. The first-order chi connectivity index (χ1) is 10.4. The molecule has 0 amide bonds. The van der Waals surface area contributed by atoms with Crippen molar-refractivity contribution in [3.05, 3.63) is 24.4 Å². The third-order valence-corrected chi connectivity index (χ3v) is 3.68. The summed E-state index contributed by atoms with van der Waals surface area (Å²) >= 11 is 0. The molecule has 0 radical (unpaired) electrons. The largest absolute Gasteiger partial charge is 0.454 e. The Morgan fingerprint density at radius 2 is 1.90 bits per heavy atom. The second-order valence-corrected chi connectivity index (χ2v) is 5.22. The van der Waals surface area contributed by atoms with Crippen LogP contribution in [0.1, 0.15) is 25.7 Å². The Balaban J connectivity index is 1.67. The van der Waals surface area contributed by atoms with E-state index in [-0.39, 0.29) is 0 Å². The van der Waals surface area contributed by atoms with Crippen LogP contribution in [0.15, 0.2) is 24.4 Å². The second kappa shape index (κ2) is 6.63. The fourth-order valence-corrected chi connectivity index (χ4v) is 2.53. The first kappa shape index (κ1) is 13.9. The van der Waals surface area contributed by atoms with Crippen LogP contribution in [0.3, 0.4) is 0 Å². The van der Waals surface area contributed by atoms with Gasteiger partial charge in [-0.2, -0.15) is 0 Å². The molecule has 0 unspecified atom stereocenters. The first-order valence-corrected chi connectivity index (χ1v) is 7.51. The molecule has 0 saturated carbocycles. The highest BCUT2D eigenvalue weighted by molar-refractivity contribution is 5.94. The number of aromatic nitrogens is 1. The fourth-order valence-electron chi connectivity index (χ4n) is 2.53. The molecule has 112 valence electrons. The lowest BCUT2D eigenvalue weighted by Crippen LogP contribution is -2.04. The Kier molecular flexibility index (Phi) is 4.40. The van der Waals surface area contributed by atoms with E-state index in [4.69, 9.17) is 15.2 Å². The SMILES string of the molecule is NCCCCCCNc1nccc2cc3c(cc12)OCO3. The first-order valence-electron chi connectivity index (χ1n) is 7.51. The van der Waals surface area contributed by atoms with E-state index >= 15 is 0 Å². The van der Waals surface area contributed by atoms with E-state index in [2.05, 4.69) is 10.3 Å². The van der Waals surface area contributed by atoms with E-state index in [1.165, 1.54) is 12.8 Å². The zero-order chi connectivity index (χ0) is 14.5. The van der Waals surface area contributed by atoms with E-state index in [1.807, 2.05) is 24.4 Å². The number of nitrogens with zero attached hydrogens (tertiary/aromatic N) is 1. The maximum Gasteiger partial charge on any atom is 0.231 e. The Morgan fingerprint density at radius 1 is 1.10 bits per heavy atom. The van der Waals surface area contributed by atoms with Gasteiger partial charge in [0.1, 0.15) is 5.82 Å². The van der Waals surface area contributed by atoms with Crippen LogP contribution in [0.4, 0.5) is 5.82 Å². The van der Waals surface area contributed by atoms with Crippen molar-refractivity contribution in [3.63, 3.8) is 0 Å². The van der Waals surface area contributed by atoms with Gasteiger partial charge < -0.3 is 20.5 Å². The smallest absolute Gasteiger partial charge is 0.231 e. The maximum atomic E-state index is 5.49. The second-order valence-electron chi connectivity index (χ2n) is 5.22. The maximum absolute atomic E-state index is 5.49. The number of anilines is 1. The summed E-state index contributed by atoms with van der Waals surface area (Å²) in [5.41, 5.74) is 5.49. The van der Waals surface area contributed by atoms with Crippen LogP contribution < -0.4 is 20.5 Å². The Labute approximate surface area is 124 Å². The highest BCUT2D eigenvalue weighted by Crippen LogP contribution is 2.37. The molecule has 1 aliphatic heterocycles. The summed E-state index contributed by atoms with van der Waals surface area (Å²) in [4.78, 5) is 4.44. The number of ether oxygens (including phenoxy) is 2. The lowest BCUT2D eigenvalue weighted by atomic mass is 10.1. The van der Waals surface area contributed by atoms with Crippen LogP contribution in [-0.2, 0) is 0 Å². The predicted octanol–water partition coefficient (Wildman–Crippen LogP) is 2.89. The van der Waals surface area contributed by atoms with E-state index in [1.54, 1.807) is 0 Å². The average molecular weight is 287 g/mol. The van der Waals surface area contributed by atoms with Crippen molar-refractivity contribution < 1.29 is 9.47 Å². The summed E-state index contributed by atoms with van der Waals surface area (Å²) in [7, 11) is 0. The van der Waals surface area contributed by atoms with Gasteiger partial charge in [-0.25, -0.2) is 4.98 Å². The third-order valence-electron chi connectivity index (χ3n) is 3.68. The van der Waals surface area contributed by atoms with Gasteiger partial charge in [0.25, 0.3) is 0 Å². The molecule has 21 heavy (non-hydrogen) atoms. The van der Waals surface area contributed by atoms with Gasteiger partial charge in [-0.05, 0) is 43.0 Å². The quantitative estimate of drug-likeness (QED) is 0.766. The van der Waals surface area contributed by atoms with Crippen LogP contribution in [0.5, 0.6) is 11.5 Å². The van der Waals surface area contributed by atoms with Crippen molar-refractivity contribution in [3.8, 4) is 11.5 Å². The summed E-state index contributed by atoms with van der Waals surface area (Å²) in [6.07, 6.45) is 6.45. The Bertz CT molecular complexity index is 616. The monoisotopic (exact) mass is 287 g/mol. The molecule has 1 aliphatic rings. The Morgan fingerprint density at radius 3 is 2.76 bits per heavy atom. The number of unbranched alkanes of at least 4 members (excludes halogenated alkanes) is 3. The van der Waals surface area contributed by atoms with Crippen LogP contribution in [0.2, 0.25) is 0 Å². The molecule has 2 heterocycles. The summed E-state index contributed by atoms with van der Waals surface area (Å²) in [5, 5.41) is 5.60. The standard InChI is InChI=1S/C16H21N3O2/c17-6-3-1-2-4-7-18-16-13-10-15-14(20-11-21-15)9-12(13)5-8-19-16/h5,8-10H,1-4,6-7,11,17H2,(H,18,19). The van der Waals surface area contributed by atoms with Gasteiger partial charge in [-0.15, -0.1) is 0 Å². The number of rotatable bonds is 7. The van der Waals surface area contributed by atoms with Crippen molar-refractivity contribution in [2.24, 2.45) is 5.73 Å². The van der Waals surface area contributed by atoms with Gasteiger partial charge in [0, 0.05) is 18.1 Å². The summed E-state index contributed by atoms with van der Waals surface area (Å²) in [6, 6.07) is 6.00. The number of hydrogen-bond donors (Lipinski definition) is 2. The summed E-state index contributed by atoms with van der Waals surface area (Å²) in [6.45, 7) is 2.00. The van der Waals surface area contributed by atoms with Crippen LogP contribution in [-0.4, -0.2) is 24.9 Å². The number of pyridine rings is 1. The number of hydrogen-bond acceptors (Lipinski definition) is 5. The molecule has 5 nitrogen and oxygen atoms in total. The molecule has 5 heteroatoms. The van der Waals surface area contributed by atoms with Gasteiger partial charge in [0.2, 0.25) is 6.79 Å². The molecule has 2 aromatic rings. The lowest BCUT2D eigenvalue weighted by molar-refractivity contribution is 0.174. The summed E-state index contributed by atoms with van der Waals surface area (Å²) < 4.78 is 10.9. The van der Waals surface area contributed by atoms with Gasteiger partial charge in [-0.1, -0.05) is 12.8 Å². The highest BCUT2D eigenvalue weighted by Gasteiger charge is 2.15.